The Labute approximate surface area is 174 Å². The molecule has 1 unspecified atom stereocenters. The van der Waals surface area contributed by atoms with Crippen LogP contribution in [0, 0.1) is 11.3 Å². The van der Waals surface area contributed by atoms with Gasteiger partial charge in [-0.3, -0.25) is 4.79 Å². The number of hydrogen-bond donors (Lipinski definition) is 2. The molecule has 0 radical (unpaired) electrons. The third-order valence-corrected chi connectivity index (χ3v) is 5.09. The molecule has 4 rings (SSSR count). The molecule has 0 saturated carbocycles. The van der Waals surface area contributed by atoms with Crippen LogP contribution >= 0.6 is 0 Å². The van der Waals surface area contributed by atoms with Crippen molar-refractivity contribution in [3.8, 4) is 28.8 Å². The van der Waals surface area contributed by atoms with Crippen molar-refractivity contribution in [2.45, 2.75) is 13.0 Å². The highest BCUT2D eigenvalue weighted by Crippen LogP contribution is 2.28. The fourth-order valence-electron chi connectivity index (χ4n) is 3.58. The number of nitriles is 1. The molecule has 2 heterocycles. The van der Waals surface area contributed by atoms with Crippen LogP contribution in [-0.2, 0) is 0 Å². The number of amides is 1. The molecule has 1 atom stereocenters. The molecule has 8 nitrogen and oxygen atoms in total. The van der Waals surface area contributed by atoms with Gasteiger partial charge in [-0.05, 0) is 19.1 Å². The number of hydrogen-bond acceptors (Lipinski definition) is 7. The summed E-state index contributed by atoms with van der Waals surface area (Å²) in [7, 11) is 0. The maximum Gasteiger partial charge on any atom is 0.254 e. The summed E-state index contributed by atoms with van der Waals surface area (Å²) >= 11 is 0. The first-order valence-corrected chi connectivity index (χ1v) is 9.70. The highest BCUT2D eigenvalue weighted by Gasteiger charge is 2.28. The second-order valence-corrected chi connectivity index (χ2v) is 7.10. The van der Waals surface area contributed by atoms with E-state index in [9.17, 15) is 10.1 Å². The summed E-state index contributed by atoms with van der Waals surface area (Å²) in [6.07, 6.45) is 0. The zero-order valence-corrected chi connectivity index (χ0v) is 16.5. The van der Waals surface area contributed by atoms with E-state index in [-0.39, 0.29) is 23.7 Å². The number of carbonyl (C=O) groups is 1. The number of carbonyl (C=O) groups excluding carboxylic acids is 1. The van der Waals surface area contributed by atoms with Crippen LogP contribution in [0.1, 0.15) is 22.8 Å². The van der Waals surface area contributed by atoms with Crippen molar-refractivity contribution in [3.05, 3.63) is 59.7 Å². The van der Waals surface area contributed by atoms with Gasteiger partial charge in [-0.15, -0.1) is 0 Å². The number of nitrogens with zero attached hydrogens (tertiary/aromatic N) is 5. The van der Waals surface area contributed by atoms with Gasteiger partial charge in [0.1, 0.15) is 0 Å². The second kappa shape index (κ2) is 8.27. The van der Waals surface area contributed by atoms with Gasteiger partial charge < -0.3 is 16.0 Å². The van der Waals surface area contributed by atoms with Crippen LogP contribution in [0.15, 0.2) is 48.5 Å². The maximum atomic E-state index is 13.4. The first-order chi connectivity index (χ1) is 14.6. The van der Waals surface area contributed by atoms with Crippen molar-refractivity contribution in [3.63, 3.8) is 0 Å². The summed E-state index contributed by atoms with van der Waals surface area (Å²) in [6, 6.07) is 16.6. The third kappa shape index (κ3) is 3.71. The van der Waals surface area contributed by atoms with E-state index in [1.54, 1.807) is 23.1 Å². The van der Waals surface area contributed by atoms with E-state index in [4.69, 9.17) is 5.73 Å². The fraction of sp³-hybridized carbons (Fsp3) is 0.227. The van der Waals surface area contributed by atoms with E-state index < -0.39 is 0 Å². The van der Waals surface area contributed by atoms with Crippen molar-refractivity contribution in [2.24, 2.45) is 0 Å². The lowest BCUT2D eigenvalue weighted by molar-refractivity contribution is 0.0656. The molecule has 1 aliphatic heterocycles. The Bertz CT molecular complexity index is 1120. The SMILES string of the molecule is CC1CNCCN1C(=O)c1cccc(C#N)c1-c1nc(N)nc(-c2ccccc2)n1. The molecule has 0 bridgehead atoms. The Balaban J connectivity index is 1.86. The van der Waals surface area contributed by atoms with Gasteiger partial charge in [0.25, 0.3) is 5.91 Å². The van der Waals surface area contributed by atoms with E-state index in [0.29, 0.717) is 29.1 Å². The molecular weight excluding hydrogens is 378 g/mol. The van der Waals surface area contributed by atoms with Crippen molar-refractivity contribution in [1.82, 2.24) is 25.2 Å². The quantitative estimate of drug-likeness (QED) is 0.692. The van der Waals surface area contributed by atoms with Crippen LogP contribution in [-0.4, -0.2) is 51.4 Å². The molecule has 1 aliphatic rings. The second-order valence-electron chi connectivity index (χ2n) is 7.10. The van der Waals surface area contributed by atoms with Gasteiger partial charge in [-0.1, -0.05) is 36.4 Å². The Morgan fingerprint density at radius 2 is 1.90 bits per heavy atom. The molecular formula is C22H21N7O. The largest absolute Gasteiger partial charge is 0.368 e. The van der Waals surface area contributed by atoms with Gasteiger partial charge in [-0.2, -0.15) is 15.2 Å². The zero-order valence-electron chi connectivity index (χ0n) is 16.5. The molecule has 2 aromatic carbocycles. The van der Waals surface area contributed by atoms with Crippen molar-refractivity contribution in [2.75, 3.05) is 25.4 Å². The van der Waals surface area contributed by atoms with E-state index >= 15 is 0 Å². The van der Waals surface area contributed by atoms with Crippen molar-refractivity contribution < 1.29 is 4.79 Å². The number of aromatic nitrogens is 3. The fourth-order valence-corrected chi connectivity index (χ4v) is 3.58. The van der Waals surface area contributed by atoms with Crippen LogP contribution < -0.4 is 11.1 Å². The van der Waals surface area contributed by atoms with Gasteiger partial charge in [0.05, 0.1) is 17.2 Å². The van der Waals surface area contributed by atoms with Gasteiger partial charge in [0.15, 0.2) is 11.6 Å². The summed E-state index contributed by atoms with van der Waals surface area (Å²) in [5.74, 6) is 0.473. The summed E-state index contributed by atoms with van der Waals surface area (Å²) in [5.41, 5.74) is 7.81. The summed E-state index contributed by atoms with van der Waals surface area (Å²) < 4.78 is 0. The Kier molecular flexibility index (Phi) is 5.37. The minimum Gasteiger partial charge on any atom is -0.368 e. The van der Waals surface area contributed by atoms with Crippen LogP contribution in [0.2, 0.25) is 0 Å². The standard InChI is InChI=1S/C22H21N7O/c1-14-13-25-10-11-29(14)21(30)17-9-5-8-16(12-23)18(17)20-26-19(27-22(24)28-20)15-6-3-2-4-7-15/h2-9,14,25H,10-11,13H2,1H3,(H2,24,26,27,28). The summed E-state index contributed by atoms with van der Waals surface area (Å²) in [4.78, 5) is 28.3. The van der Waals surface area contributed by atoms with Gasteiger partial charge in [0.2, 0.25) is 5.95 Å². The topological polar surface area (TPSA) is 121 Å². The van der Waals surface area contributed by atoms with Crippen molar-refractivity contribution in [1.29, 1.82) is 5.26 Å². The van der Waals surface area contributed by atoms with Gasteiger partial charge in [0, 0.05) is 36.8 Å². The van der Waals surface area contributed by atoms with Crippen LogP contribution in [0.4, 0.5) is 5.95 Å². The zero-order chi connectivity index (χ0) is 21.1. The maximum absolute atomic E-state index is 13.4. The molecule has 1 fully saturated rings. The number of nitrogens with one attached hydrogen (secondary N) is 1. The first kappa shape index (κ1) is 19.5. The minimum absolute atomic E-state index is 0.0283. The predicted molar refractivity (Wildman–Crippen MR) is 113 cm³/mol. The molecule has 1 saturated heterocycles. The number of nitrogen functional groups attached to an aromatic ring is 1. The van der Waals surface area contributed by atoms with E-state index in [2.05, 4.69) is 26.3 Å². The monoisotopic (exact) mass is 399 g/mol. The molecule has 3 N–H and O–H groups in total. The Morgan fingerprint density at radius 1 is 1.13 bits per heavy atom. The first-order valence-electron chi connectivity index (χ1n) is 9.70. The highest BCUT2D eigenvalue weighted by molar-refractivity contribution is 6.01. The molecule has 1 aromatic heterocycles. The number of nitrogens with two attached hydrogens (primary N) is 1. The molecule has 30 heavy (non-hydrogen) atoms. The Hall–Kier alpha value is -3.83. The van der Waals surface area contributed by atoms with E-state index in [1.807, 2.05) is 37.3 Å². The van der Waals surface area contributed by atoms with Gasteiger partial charge >= 0.3 is 0 Å². The molecule has 1 amide bonds. The summed E-state index contributed by atoms with van der Waals surface area (Å²) in [5, 5.41) is 13.0. The lowest BCUT2D eigenvalue weighted by Crippen LogP contribution is -2.52. The normalized spacial score (nSPS) is 16.1. The number of rotatable bonds is 3. The highest BCUT2D eigenvalue weighted by atomic mass is 16.2. The average Bonchev–Trinajstić information content (AvgIpc) is 2.78. The predicted octanol–water partition coefficient (Wildman–Crippen LogP) is 2.09. The van der Waals surface area contributed by atoms with Crippen LogP contribution in [0.3, 0.4) is 0 Å². The molecule has 150 valence electrons. The molecule has 8 heteroatoms. The molecule has 0 spiro atoms. The Morgan fingerprint density at radius 3 is 2.63 bits per heavy atom. The summed E-state index contributed by atoms with van der Waals surface area (Å²) in [6.45, 7) is 4.02. The van der Waals surface area contributed by atoms with E-state index in [1.165, 1.54) is 0 Å². The molecule has 0 aliphatic carbocycles. The van der Waals surface area contributed by atoms with E-state index in [0.717, 1.165) is 18.7 Å². The van der Waals surface area contributed by atoms with Crippen LogP contribution in [0.5, 0.6) is 0 Å². The number of benzene rings is 2. The lowest BCUT2D eigenvalue weighted by atomic mass is 9.98. The minimum atomic E-state index is -0.156. The van der Waals surface area contributed by atoms with Crippen LogP contribution in [0.25, 0.3) is 22.8 Å². The number of anilines is 1. The number of piperazine rings is 1. The van der Waals surface area contributed by atoms with Gasteiger partial charge in [-0.25, -0.2) is 4.98 Å². The molecule has 3 aromatic rings. The smallest absolute Gasteiger partial charge is 0.254 e. The lowest BCUT2D eigenvalue weighted by Gasteiger charge is -2.34. The average molecular weight is 399 g/mol. The van der Waals surface area contributed by atoms with Crippen molar-refractivity contribution >= 4 is 11.9 Å². The third-order valence-electron chi connectivity index (χ3n) is 5.09.